The number of amides is 2. The summed E-state index contributed by atoms with van der Waals surface area (Å²) in [6.45, 7) is 1.34. The lowest BCUT2D eigenvalue weighted by molar-refractivity contribution is -0.136. The Hall–Kier alpha value is -3.12. The van der Waals surface area contributed by atoms with Crippen molar-refractivity contribution in [1.29, 1.82) is 0 Å². The van der Waals surface area contributed by atoms with E-state index in [-0.39, 0.29) is 17.9 Å². The van der Waals surface area contributed by atoms with Crippen molar-refractivity contribution < 1.29 is 9.59 Å². The Labute approximate surface area is 183 Å². The van der Waals surface area contributed by atoms with Crippen LogP contribution in [0.25, 0.3) is 10.9 Å². The van der Waals surface area contributed by atoms with Gasteiger partial charge < -0.3 is 20.1 Å². The zero-order valence-corrected chi connectivity index (χ0v) is 18.2. The fourth-order valence-electron chi connectivity index (χ4n) is 4.39. The summed E-state index contributed by atoms with van der Waals surface area (Å²) in [6, 6.07) is 17.2. The summed E-state index contributed by atoms with van der Waals surface area (Å²) < 4.78 is 2.07. The van der Waals surface area contributed by atoms with Crippen molar-refractivity contribution in [2.45, 2.75) is 37.9 Å². The molecule has 1 saturated heterocycles. The molecule has 162 valence electrons. The van der Waals surface area contributed by atoms with E-state index in [4.69, 9.17) is 0 Å². The van der Waals surface area contributed by atoms with Gasteiger partial charge in [-0.3, -0.25) is 9.59 Å². The Morgan fingerprint density at radius 1 is 1.16 bits per heavy atom. The van der Waals surface area contributed by atoms with E-state index in [1.54, 1.807) is 11.9 Å². The van der Waals surface area contributed by atoms with Crippen molar-refractivity contribution in [3.05, 3.63) is 71.9 Å². The third kappa shape index (κ3) is 4.80. The normalized spacial score (nSPS) is 16.9. The molecule has 0 radical (unpaired) electrons. The highest BCUT2D eigenvalue weighted by molar-refractivity contribution is 5.91. The summed E-state index contributed by atoms with van der Waals surface area (Å²) >= 11 is 0. The molecule has 2 aromatic carbocycles. The first-order chi connectivity index (χ1) is 15.0. The van der Waals surface area contributed by atoms with Crippen molar-refractivity contribution >= 4 is 22.7 Å². The minimum atomic E-state index is -0.616. The van der Waals surface area contributed by atoms with Crippen molar-refractivity contribution in [3.8, 4) is 0 Å². The Morgan fingerprint density at radius 2 is 1.90 bits per heavy atom. The van der Waals surface area contributed by atoms with E-state index < -0.39 is 6.04 Å². The van der Waals surface area contributed by atoms with Crippen LogP contribution in [0.2, 0.25) is 0 Å². The van der Waals surface area contributed by atoms with Gasteiger partial charge in [0.1, 0.15) is 6.04 Å². The van der Waals surface area contributed by atoms with Crippen molar-refractivity contribution in [2.24, 2.45) is 7.05 Å². The summed E-state index contributed by atoms with van der Waals surface area (Å²) in [7, 11) is 3.80. The molecule has 0 spiro atoms. The molecule has 2 atom stereocenters. The van der Waals surface area contributed by atoms with E-state index in [1.165, 1.54) is 0 Å². The number of fused-ring (bicyclic) bond motifs is 1. The van der Waals surface area contributed by atoms with Crippen LogP contribution in [0.3, 0.4) is 0 Å². The van der Waals surface area contributed by atoms with Crippen LogP contribution in [-0.2, 0) is 29.6 Å². The standard InChI is InChI=1S/C25H30N4O2/c1-28-17-19(20-11-6-7-13-23(20)28)15-22(27-24(30)21-12-8-14-26-21)25(31)29(2)16-18-9-4-3-5-10-18/h3-7,9-11,13,17,21-22,26H,8,12,14-16H2,1-2H3,(H,27,30)/t21-,22-/m0/s1. The molecule has 0 unspecified atom stereocenters. The molecule has 6 nitrogen and oxygen atoms in total. The second-order valence-electron chi connectivity index (χ2n) is 8.38. The highest BCUT2D eigenvalue weighted by atomic mass is 16.2. The first kappa shape index (κ1) is 21.1. The highest BCUT2D eigenvalue weighted by Gasteiger charge is 2.29. The number of nitrogens with zero attached hydrogens (tertiary/aromatic N) is 2. The second-order valence-corrected chi connectivity index (χ2v) is 8.38. The van der Waals surface area contributed by atoms with Gasteiger partial charge in [0.05, 0.1) is 6.04 Å². The summed E-state index contributed by atoms with van der Waals surface area (Å²) in [5, 5.41) is 7.38. The molecular formula is C25H30N4O2. The Morgan fingerprint density at radius 3 is 2.65 bits per heavy atom. The monoisotopic (exact) mass is 418 g/mol. The van der Waals surface area contributed by atoms with Gasteiger partial charge in [-0.05, 0) is 36.6 Å². The van der Waals surface area contributed by atoms with E-state index in [9.17, 15) is 9.59 Å². The van der Waals surface area contributed by atoms with E-state index in [0.29, 0.717) is 13.0 Å². The summed E-state index contributed by atoms with van der Waals surface area (Å²) in [4.78, 5) is 28.0. The van der Waals surface area contributed by atoms with Gasteiger partial charge in [-0.25, -0.2) is 0 Å². The summed E-state index contributed by atoms with van der Waals surface area (Å²) in [5.41, 5.74) is 3.24. The Bertz CT molecular complexity index is 1050. The molecule has 0 bridgehead atoms. The first-order valence-corrected chi connectivity index (χ1v) is 10.9. The SMILES string of the molecule is CN(Cc1ccccc1)C(=O)[C@H](Cc1cn(C)c2ccccc12)NC(=O)[C@@H]1CCCN1. The molecule has 3 aromatic rings. The van der Waals surface area contributed by atoms with Crippen LogP contribution in [-0.4, -0.2) is 47.0 Å². The van der Waals surface area contributed by atoms with Gasteiger partial charge in [-0.1, -0.05) is 48.5 Å². The van der Waals surface area contributed by atoms with Gasteiger partial charge in [0.25, 0.3) is 0 Å². The number of carbonyl (C=O) groups is 2. The number of rotatable bonds is 7. The summed E-state index contributed by atoms with van der Waals surface area (Å²) in [5.74, 6) is -0.174. The molecule has 6 heteroatoms. The lowest BCUT2D eigenvalue weighted by Gasteiger charge is -2.26. The minimum absolute atomic E-state index is 0.0804. The lowest BCUT2D eigenvalue weighted by Crippen LogP contribution is -2.52. The highest BCUT2D eigenvalue weighted by Crippen LogP contribution is 2.22. The van der Waals surface area contributed by atoms with E-state index in [0.717, 1.165) is 41.4 Å². The quantitative estimate of drug-likeness (QED) is 0.620. The largest absolute Gasteiger partial charge is 0.350 e. The molecule has 0 aliphatic carbocycles. The Balaban J connectivity index is 1.57. The molecule has 0 saturated carbocycles. The fourth-order valence-corrected chi connectivity index (χ4v) is 4.39. The van der Waals surface area contributed by atoms with E-state index >= 15 is 0 Å². The van der Waals surface area contributed by atoms with Crippen LogP contribution in [0.4, 0.5) is 0 Å². The van der Waals surface area contributed by atoms with Gasteiger partial charge in [0.15, 0.2) is 0 Å². The van der Waals surface area contributed by atoms with Crippen LogP contribution in [0.5, 0.6) is 0 Å². The molecule has 2 heterocycles. The molecule has 1 aliphatic rings. The number of carbonyl (C=O) groups excluding carboxylic acids is 2. The van der Waals surface area contributed by atoms with Gasteiger partial charge in [0.2, 0.25) is 11.8 Å². The second kappa shape index (κ2) is 9.35. The Kier molecular flexibility index (Phi) is 6.37. The molecule has 31 heavy (non-hydrogen) atoms. The number of para-hydroxylation sites is 1. The van der Waals surface area contributed by atoms with Crippen LogP contribution >= 0.6 is 0 Å². The zero-order valence-electron chi connectivity index (χ0n) is 18.2. The number of hydrogen-bond donors (Lipinski definition) is 2. The molecule has 1 fully saturated rings. The van der Waals surface area contributed by atoms with Gasteiger partial charge >= 0.3 is 0 Å². The van der Waals surface area contributed by atoms with Crippen LogP contribution in [0.15, 0.2) is 60.8 Å². The maximum absolute atomic E-state index is 13.4. The average Bonchev–Trinajstić information content (AvgIpc) is 3.43. The number of nitrogens with one attached hydrogen (secondary N) is 2. The van der Waals surface area contributed by atoms with E-state index in [2.05, 4.69) is 33.5 Å². The first-order valence-electron chi connectivity index (χ1n) is 10.9. The maximum atomic E-state index is 13.4. The predicted octanol–water partition coefficient (Wildman–Crippen LogP) is 2.62. The number of hydrogen-bond acceptors (Lipinski definition) is 3. The number of likely N-dealkylation sites (N-methyl/N-ethyl adjacent to an activating group) is 1. The number of aromatic nitrogens is 1. The molecule has 1 aliphatic heterocycles. The van der Waals surface area contributed by atoms with Gasteiger partial charge in [-0.15, -0.1) is 0 Å². The molecule has 2 amide bonds. The van der Waals surface area contributed by atoms with Gasteiger partial charge in [0, 0.05) is 44.2 Å². The van der Waals surface area contributed by atoms with Crippen LogP contribution < -0.4 is 10.6 Å². The maximum Gasteiger partial charge on any atom is 0.245 e. The average molecular weight is 419 g/mol. The van der Waals surface area contributed by atoms with Gasteiger partial charge in [-0.2, -0.15) is 0 Å². The lowest BCUT2D eigenvalue weighted by atomic mass is 10.0. The third-order valence-electron chi connectivity index (χ3n) is 6.03. The molecule has 4 rings (SSSR count). The predicted molar refractivity (Wildman–Crippen MR) is 122 cm³/mol. The molecular weight excluding hydrogens is 388 g/mol. The van der Waals surface area contributed by atoms with Crippen molar-refractivity contribution in [3.63, 3.8) is 0 Å². The van der Waals surface area contributed by atoms with Crippen molar-refractivity contribution in [1.82, 2.24) is 20.1 Å². The third-order valence-corrected chi connectivity index (χ3v) is 6.03. The minimum Gasteiger partial charge on any atom is -0.350 e. The molecule has 2 N–H and O–H groups in total. The number of benzene rings is 2. The van der Waals surface area contributed by atoms with E-state index in [1.807, 2.05) is 49.5 Å². The smallest absolute Gasteiger partial charge is 0.245 e. The van der Waals surface area contributed by atoms with Crippen molar-refractivity contribution in [2.75, 3.05) is 13.6 Å². The topological polar surface area (TPSA) is 66.4 Å². The van der Waals surface area contributed by atoms with Crippen LogP contribution in [0, 0.1) is 0 Å². The summed E-state index contributed by atoms with van der Waals surface area (Å²) in [6.07, 6.45) is 4.30. The zero-order chi connectivity index (χ0) is 21.8. The van der Waals surface area contributed by atoms with Crippen LogP contribution in [0.1, 0.15) is 24.0 Å². The molecule has 1 aromatic heterocycles. The number of aryl methyl sites for hydroxylation is 1. The fraction of sp³-hybridized carbons (Fsp3) is 0.360.